The van der Waals surface area contributed by atoms with Gasteiger partial charge in [-0.3, -0.25) is 4.79 Å². The molecular weight excluding hydrogens is 218 g/mol. The molecule has 1 unspecified atom stereocenters. The summed E-state index contributed by atoms with van der Waals surface area (Å²) in [6, 6.07) is 0.484. The number of nitrogens with one attached hydrogen (secondary N) is 2. The standard InChI is InChI=1S/C12H25N3O2/c1-15(2)11(10-4-5-10)8-14-12(16)9-13-6-7-17-3/h10-11,13H,4-9H2,1-3H3,(H,14,16). The second-order valence-electron chi connectivity index (χ2n) is 4.84. The van der Waals surface area contributed by atoms with Gasteiger partial charge in [0.05, 0.1) is 13.2 Å². The van der Waals surface area contributed by atoms with Crippen molar-refractivity contribution in [3.63, 3.8) is 0 Å². The van der Waals surface area contributed by atoms with Crippen molar-refractivity contribution >= 4 is 5.91 Å². The average Bonchev–Trinajstić information content (AvgIpc) is 3.08. The molecule has 100 valence electrons. The van der Waals surface area contributed by atoms with Crippen molar-refractivity contribution in [3.05, 3.63) is 0 Å². The maximum atomic E-state index is 11.5. The summed E-state index contributed by atoms with van der Waals surface area (Å²) >= 11 is 0. The fourth-order valence-electron chi connectivity index (χ4n) is 1.91. The van der Waals surface area contributed by atoms with Gasteiger partial charge in [0.25, 0.3) is 0 Å². The molecule has 1 aliphatic carbocycles. The van der Waals surface area contributed by atoms with Crippen LogP contribution in [0.25, 0.3) is 0 Å². The number of rotatable bonds is 9. The molecule has 0 spiro atoms. The number of hydrogen-bond acceptors (Lipinski definition) is 4. The van der Waals surface area contributed by atoms with Crippen molar-refractivity contribution in [3.8, 4) is 0 Å². The van der Waals surface area contributed by atoms with Gasteiger partial charge in [-0.1, -0.05) is 0 Å². The maximum absolute atomic E-state index is 11.5. The van der Waals surface area contributed by atoms with Crippen LogP contribution < -0.4 is 10.6 Å². The van der Waals surface area contributed by atoms with Crippen LogP contribution in [0.3, 0.4) is 0 Å². The Morgan fingerprint density at radius 1 is 1.47 bits per heavy atom. The molecule has 0 saturated heterocycles. The number of hydrogen-bond donors (Lipinski definition) is 2. The first kappa shape index (κ1) is 14.4. The lowest BCUT2D eigenvalue weighted by Crippen LogP contribution is -2.44. The summed E-state index contributed by atoms with van der Waals surface area (Å²) < 4.78 is 4.89. The van der Waals surface area contributed by atoms with Crippen LogP contribution in [0.4, 0.5) is 0 Å². The molecule has 1 fully saturated rings. The molecule has 0 heterocycles. The topological polar surface area (TPSA) is 53.6 Å². The largest absolute Gasteiger partial charge is 0.383 e. The van der Waals surface area contributed by atoms with E-state index in [1.807, 2.05) is 0 Å². The second kappa shape index (κ2) is 7.63. The van der Waals surface area contributed by atoms with Gasteiger partial charge in [-0.15, -0.1) is 0 Å². The third kappa shape index (κ3) is 6.00. The van der Waals surface area contributed by atoms with Crippen molar-refractivity contribution in [1.82, 2.24) is 15.5 Å². The van der Waals surface area contributed by atoms with Crippen LogP contribution in [0.15, 0.2) is 0 Å². The summed E-state index contributed by atoms with van der Waals surface area (Å²) in [6.07, 6.45) is 2.59. The molecule has 17 heavy (non-hydrogen) atoms. The fraction of sp³-hybridized carbons (Fsp3) is 0.917. The van der Waals surface area contributed by atoms with E-state index in [1.165, 1.54) is 12.8 Å². The maximum Gasteiger partial charge on any atom is 0.234 e. The first-order valence-electron chi connectivity index (χ1n) is 6.28. The molecule has 1 saturated carbocycles. The Hall–Kier alpha value is -0.650. The third-order valence-electron chi connectivity index (χ3n) is 3.11. The Bertz CT molecular complexity index is 228. The highest BCUT2D eigenvalue weighted by atomic mass is 16.5. The highest BCUT2D eigenvalue weighted by Crippen LogP contribution is 2.34. The van der Waals surface area contributed by atoms with Crippen molar-refractivity contribution in [2.24, 2.45) is 5.92 Å². The summed E-state index contributed by atoms with van der Waals surface area (Å²) in [6.45, 7) is 2.47. The zero-order valence-electron chi connectivity index (χ0n) is 11.2. The van der Waals surface area contributed by atoms with Crippen LogP contribution in [-0.2, 0) is 9.53 Å². The Labute approximate surface area is 104 Å². The predicted octanol–water partition coefficient (Wildman–Crippen LogP) is -0.321. The predicted molar refractivity (Wildman–Crippen MR) is 68.0 cm³/mol. The highest BCUT2D eigenvalue weighted by molar-refractivity contribution is 5.78. The molecule has 2 N–H and O–H groups in total. The first-order valence-corrected chi connectivity index (χ1v) is 6.28. The van der Waals surface area contributed by atoms with Gasteiger partial charge in [-0.2, -0.15) is 0 Å². The average molecular weight is 243 g/mol. The number of ether oxygens (including phenoxy) is 1. The molecule has 0 aliphatic heterocycles. The number of amides is 1. The highest BCUT2D eigenvalue weighted by Gasteiger charge is 2.32. The van der Waals surface area contributed by atoms with Crippen LogP contribution in [-0.4, -0.2) is 64.3 Å². The summed E-state index contributed by atoms with van der Waals surface area (Å²) in [4.78, 5) is 13.7. The van der Waals surface area contributed by atoms with E-state index < -0.39 is 0 Å². The lowest BCUT2D eigenvalue weighted by atomic mass is 10.1. The van der Waals surface area contributed by atoms with Crippen LogP contribution >= 0.6 is 0 Å². The van der Waals surface area contributed by atoms with Crippen LogP contribution in [0.1, 0.15) is 12.8 Å². The van der Waals surface area contributed by atoms with E-state index in [0.29, 0.717) is 25.7 Å². The smallest absolute Gasteiger partial charge is 0.234 e. The van der Waals surface area contributed by atoms with Gasteiger partial charge in [-0.05, 0) is 32.9 Å². The SMILES string of the molecule is COCCNCC(=O)NCC(C1CC1)N(C)C. The van der Waals surface area contributed by atoms with Gasteiger partial charge in [0, 0.05) is 26.2 Å². The van der Waals surface area contributed by atoms with Gasteiger partial charge < -0.3 is 20.3 Å². The van der Waals surface area contributed by atoms with E-state index in [1.54, 1.807) is 7.11 Å². The van der Waals surface area contributed by atoms with E-state index in [4.69, 9.17) is 4.74 Å². The third-order valence-corrected chi connectivity index (χ3v) is 3.11. The molecule has 1 amide bonds. The van der Waals surface area contributed by atoms with Crippen molar-refractivity contribution in [1.29, 1.82) is 0 Å². The van der Waals surface area contributed by atoms with Crippen molar-refractivity contribution < 1.29 is 9.53 Å². The van der Waals surface area contributed by atoms with Crippen LogP contribution in [0.2, 0.25) is 0 Å². The van der Waals surface area contributed by atoms with Gasteiger partial charge in [0.1, 0.15) is 0 Å². The molecule has 1 atom stereocenters. The number of nitrogens with zero attached hydrogens (tertiary/aromatic N) is 1. The minimum absolute atomic E-state index is 0.0635. The molecule has 0 aromatic heterocycles. The van der Waals surface area contributed by atoms with Gasteiger partial charge in [0.15, 0.2) is 0 Å². The van der Waals surface area contributed by atoms with E-state index >= 15 is 0 Å². The van der Waals surface area contributed by atoms with Gasteiger partial charge >= 0.3 is 0 Å². The van der Waals surface area contributed by atoms with E-state index in [0.717, 1.165) is 12.5 Å². The molecule has 5 heteroatoms. The summed E-state index contributed by atoms with van der Waals surface area (Å²) in [7, 11) is 5.80. The molecule has 0 aromatic rings. The number of carbonyl (C=O) groups is 1. The van der Waals surface area contributed by atoms with Crippen LogP contribution in [0.5, 0.6) is 0 Å². The zero-order valence-corrected chi connectivity index (χ0v) is 11.2. The first-order chi connectivity index (χ1) is 8.15. The lowest BCUT2D eigenvalue weighted by molar-refractivity contribution is -0.120. The Balaban J connectivity index is 2.09. The quantitative estimate of drug-likeness (QED) is 0.545. The van der Waals surface area contributed by atoms with Crippen molar-refractivity contribution in [2.75, 3.05) is 47.4 Å². The van der Waals surface area contributed by atoms with Gasteiger partial charge in [0.2, 0.25) is 5.91 Å². The Morgan fingerprint density at radius 2 is 2.18 bits per heavy atom. The molecule has 0 radical (unpaired) electrons. The Kier molecular flexibility index (Phi) is 6.47. The minimum Gasteiger partial charge on any atom is -0.383 e. The normalized spacial score (nSPS) is 17.2. The monoisotopic (exact) mass is 243 g/mol. The molecule has 1 rings (SSSR count). The van der Waals surface area contributed by atoms with E-state index in [2.05, 4.69) is 29.6 Å². The summed E-state index contributed by atoms with van der Waals surface area (Å²) in [5.41, 5.74) is 0. The molecule has 0 bridgehead atoms. The molecule has 1 aliphatic rings. The molecular formula is C12H25N3O2. The van der Waals surface area contributed by atoms with Gasteiger partial charge in [-0.25, -0.2) is 0 Å². The zero-order chi connectivity index (χ0) is 12.7. The molecule has 5 nitrogen and oxygen atoms in total. The fourth-order valence-corrected chi connectivity index (χ4v) is 1.91. The van der Waals surface area contributed by atoms with E-state index in [-0.39, 0.29) is 5.91 Å². The molecule has 0 aromatic carbocycles. The van der Waals surface area contributed by atoms with Crippen molar-refractivity contribution in [2.45, 2.75) is 18.9 Å². The van der Waals surface area contributed by atoms with E-state index in [9.17, 15) is 4.79 Å². The minimum atomic E-state index is 0.0635. The van der Waals surface area contributed by atoms with Crippen LogP contribution in [0, 0.1) is 5.92 Å². The lowest BCUT2D eigenvalue weighted by Gasteiger charge is -2.24. The number of methoxy groups -OCH3 is 1. The summed E-state index contributed by atoms with van der Waals surface area (Å²) in [5.74, 6) is 0.834. The number of likely N-dealkylation sites (N-methyl/N-ethyl adjacent to an activating group) is 1. The second-order valence-corrected chi connectivity index (χ2v) is 4.84. The Morgan fingerprint density at radius 3 is 2.71 bits per heavy atom. The summed E-state index contributed by atoms with van der Waals surface area (Å²) in [5, 5.41) is 6.01. The number of carbonyl (C=O) groups excluding carboxylic acids is 1.